The summed E-state index contributed by atoms with van der Waals surface area (Å²) in [5.41, 5.74) is 6.04. The average molecular weight is 320 g/mol. The van der Waals surface area contributed by atoms with Gasteiger partial charge in [-0.1, -0.05) is 36.2 Å². The van der Waals surface area contributed by atoms with E-state index in [1.54, 1.807) is 18.2 Å². The van der Waals surface area contributed by atoms with Crippen LogP contribution >= 0.6 is 15.9 Å². The van der Waals surface area contributed by atoms with E-state index in [0.717, 1.165) is 17.3 Å². The van der Waals surface area contributed by atoms with Crippen LogP contribution in [0.5, 0.6) is 0 Å². The zero-order valence-corrected chi connectivity index (χ0v) is 12.5. The predicted molar refractivity (Wildman–Crippen MR) is 74.7 cm³/mol. The Morgan fingerprint density at radius 3 is 2.65 bits per heavy atom. The van der Waals surface area contributed by atoms with E-state index in [4.69, 9.17) is 5.73 Å². The van der Waals surface area contributed by atoms with Crippen LogP contribution in [0, 0.1) is 5.92 Å². The van der Waals surface area contributed by atoms with Gasteiger partial charge >= 0.3 is 0 Å². The van der Waals surface area contributed by atoms with Crippen LogP contribution in [0.4, 0.5) is 5.69 Å². The molecule has 0 aliphatic heterocycles. The zero-order valence-electron chi connectivity index (χ0n) is 10.1. The van der Waals surface area contributed by atoms with Crippen LogP contribution in [0.2, 0.25) is 0 Å². The van der Waals surface area contributed by atoms with Gasteiger partial charge in [-0.25, -0.2) is 8.42 Å². The first kappa shape index (κ1) is 14.5. The number of nitrogen functional groups attached to an aromatic ring is 1. The minimum atomic E-state index is -3.29. The first-order chi connectivity index (χ1) is 7.86. The Labute approximate surface area is 111 Å². The fourth-order valence-corrected chi connectivity index (χ4v) is 4.16. The monoisotopic (exact) mass is 319 g/mol. The lowest BCUT2D eigenvalue weighted by Gasteiger charge is -2.12. The van der Waals surface area contributed by atoms with Gasteiger partial charge in [0.25, 0.3) is 0 Å². The second-order valence-electron chi connectivity index (χ2n) is 4.36. The summed E-state index contributed by atoms with van der Waals surface area (Å²) in [5.74, 6) is 0.310. The Bertz CT molecular complexity index is 485. The second-order valence-corrected chi connectivity index (χ2v) is 7.28. The normalized spacial score (nSPS) is 13.6. The molecular weight excluding hydrogens is 302 g/mol. The molecule has 0 fully saturated rings. The third kappa shape index (κ3) is 4.00. The quantitative estimate of drug-likeness (QED) is 0.847. The Morgan fingerprint density at radius 2 is 2.06 bits per heavy atom. The minimum absolute atomic E-state index is 0.154. The van der Waals surface area contributed by atoms with Crippen molar-refractivity contribution in [3.8, 4) is 0 Å². The highest BCUT2D eigenvalue weighted by molar-refractivity contribution is 9.10. The standard InChI is InChI=1S/C12H18BrNO2S/c1-3-4-9(2)8-17(15,16)12-7-10(13)5-6-11(12)14/h5-7,9H,3-4,8,14H2,1-2H3. The molecule has 0 aliphatic rings. The molecular formula is C12H18BrNO2S. The van der Waals surface area contributed by atoms with Crippen LogP contribution in [0.25, 0.3) is 0 Å². The molecule has 3 nitrogen and oxygen atoms in total. The van der Waals surface area contributed by atoms with Gasteiger partial charge in [-0.15, -0.1) is 0 Å². The van der Waals surface area contributed by atoms with Crippen LogP contribution in [0.3, 0.4) is 0 Å². The Kier molecular flexibility index (Phi) is 5.01. The molecule has 0 saturated carbocycles. The molecule has 17 heavy (non-hydrogen) atoms. The molecule has 0 heterocycles. The van der Waals surface area contributed by atoms with Gasteiger partial charge in [-0.3, -0.25) is 0 Å². The fourth-order valence-electron chi connectivity index (χ4n) is 1.82. The number of anilines is 1. The van der Waals surface area contributed by atoms with Crippen molar-refractivity contribution in [1.82, 2.24) is 0 Å². The van der Waals surface area contributed by atoms with Gasteiger partial charge in [0.1, 0.15) is 0 Å². The summed E-state index contributed by atoms with van der Waals surface area (Å²) in [6, 6.07) is 4.93. The van der Waals surface area contributed by atoms with Crippen molar-refractivity contribution in [2.75, 3.05) is 11.5 Å². The van der Waals surface area contributed by atoms with Crippen LogP contribution in [0.15, 0.2) is 27.6 Å². The van der Waals surface area contributed by atoms with E-state index < -0.39 is 9.84 Å². The van der Waals surface area contributed by atoms with Crippen molar-refractivity contribution in [2.45, 2.75) is 31.6 Å². The van der Waals surface area contributed by atoms with E-state index in [0.29, 0.717) is 5.69 Å². The lowest BCUT2D eigenvalue weighted by atomic mass is 10.1. The van der Waals surface area contributed by atoms with Crippen molar-refractivity contribution < 1.29 is 8.42 Å². The van der Waals surface area contributed by atoms with Gasteiger partial charge in [-0.05, 0) is 30.5 Å². The maximum Gasteiger partial charge on any atom is 0.180 e. The van der Waals surface area contributed by atoms with Gasteiger partial charge in [0.2, 0.25) is 0 Å². The van der Waals surface area contributed by atoms with Crippen LogP contribution in [-0.2, 0) is 9.84 Å². The number of sulfone groups is 1. The van der Waals surface area contributed by atoms with Crippen LogP contribution in [-0.4, -0.2) is 14.2 Å². The molecule has 1 aromatic rings. The van der Waals surface area contributed by atoms with Gasteiger partial charge in [-0.2, -0.15) is 0 Å². The molecule has 1 atom stereocenters. The number of hydrogen-bond donors (Lipinski definition) is 1. The highest BCUT2D eigenvalue weighted by Crippen LogP contribution is 2.25. The summed E-state index contributed by atoms with van der Waals surface area (Å²) >= 11 is 3.27. The molecule has 0 saturated heterocycles. The van der Waals surface area contributed by atoms with Crippen LogP contribution < -0.4 is 5.73 Å². The van der Waals surface area contributed by atoms with Crippen molar-refractivity contribution in [3.05, 3.63) is 22.7 Å². The van der Waals surface area contributed by atoms with E-state index in [2.05, 4.69) is 22.9 Å². The van der Waals surface area contributed by atoms with Crippen molar-refractivity contribution in [2.24, 2.45) is 5.92 Å². The average Bonchev–Trinajstić information content (AvgIpc) is 2.21. The van der Waals surface area contributed by atoms with Crippen molar-refractivity contribution >= 4 is 31.5 Å². The third-order valence-electron chi connectivity index (χ3n) is 2.60. The lowest BCUT2D eigenvalue weighted by molar-refractivity contribution is 0.545. The predicted octanol–water partition coefficient (Wildman–Crippen LogP) is 3.24. The fraction of sp³-hybridized carbons (Fsp3) is 0.500. The lowest BCUT2D eigenvalue weighted by Crippen LogP contribution is -2.15. The molecule has 0 bridgehead atoms. The van der Waals surface area contributed by atoms with Gasteiger partial charge in [0, 0.05) is 4.47 Å². The second kappa shape index (κ2) is 5.87. The van der Waals surface area contributed by atoms with Gasteiger partial charge < -0.3 is 5.73 Å². The molecule has 1 aromatic carbocycles. The summed E-state index contributed by atoms with van der Waals surface area (Å²) in [4.78, 5) is 0.231. The van der Waals surface area contributed by atoms with Crippen LogP contribution in [0.1, 0.15) is 26.7 Å². The summed E-state index contributed by atoms with van der Waals surface area (Å²) in [7, 11) is -3.29. The molecule has 0 amide bonds. The van der Waals surface area contributed by atoms with E-state index in [-0.39, 0.29) is 16.6 Å². The van der Waals surface area contributed by atoms with Gasteiger partial charge in [0.15, 0.2) is 9.84 Å². The first-order valence-corrected chi connectivity index (χ1v) is 8.09. The molecule has 1 unspecified atom stereocenters. The maximum absolute atomic E-state index is 12.2. The molecule has 5 heteroatoms. The molecule has 0 aromatic heterocycles. The van der Waals surface area contributed by atoms with E-state index in [1.807, 2.05) is 6.92 Å². The highest BCUT2D eigenvalue weighted by Gasteiger charge is 2.20. The van der Waals surface area contributed by atoms with E-state index >= 15 is 0 Å². The number of hydrogen-bond acceptors (Lipinski definition) is 3. The Morgan fingerprint density at radius 1 is 1.41 bits per heavy atom. The molecule has 1 rings (SSSR count). The minimum Gasteiger partial charge on any atom is -0.398 e. The number of halogens is 1. The molecule has 0 aliphatic carbocycles. The van der Waals surface area contributed by atoms with E-state index in [1.165, 1.54) is 0 Å². The number of benzene rings is 1. The number of nitrogens with two attached hydrogens (primary N) is 1. The Balaban J connectivity index is 3.01. The van der Waals surface area contributed by atoms with E-state index in [9.17, 15) is 8.42 Å². The first-order valence-electron chi connectivity index (χ1n) is 5.64. The summed E-state index contributed by atoms with van der Waals surface area (Å²) < 4.78 is 25.1. The molecule has 96 valence electrons. The topological polar surface area (TPSA) is 60.2 Å². The summed E-state index contributed by atoms with van der Waals surface area (Å²) in [5, 5.41) is 0. The third-order valence-corrected chi connectivity index (χ3v) is 5.12. The van der Waals surface area contributed by atoms with Gasteiger partial charge in [0.05, 0.1) is 16.3 Å². The molecule has 0 radical (unpaired) electrons. The summed E-state index contributed by atoms with van der Waals surface area (Å²) in [6.45, 7) is 4.01. The molecule has 2 N–H and O–H groups in total. The SMILES string of the molecule is CCCC(C)CS(=O)(=O)c1cc(Br)ccc1N. The highest BCUT2D eigenvalue weighted by atomic mass is 79.9. The zero-order chi connectivity index (χ0) is 13.1. The number of rotatable bonds is 5. The van der Waals surface area contributed by atoms with Crippen molar-refractivity contribution in [3.63, 3.8) is 0 Å². The van der Waals surface area contributed by atoms with Crippen molar-refractivity contribution in [1.29, 1.82) is 0 Å². The largest absolute Gasteiger partial charge is 0.398 e. The molecule has 0 spiro atoms. The maximum atomic E-state index is 12.2. The summed E-state index contributed by atoms with van der Waals surface area (Å²) in [6.07, 6.45) is 1.90. The smallest absolute Gasteiger partial charge is 0.180 e. The Hall–Kier alpha value is -0.550.